The van der Waals surface area contributed by atoms with Gasteiger partial charge in [0.25, 0.3) is 11.8 Å². The van der Waals surface area contributed by atoms with Crippen molar-refractivity contribution < 1.29 is 23.5 Å². The second-order valence-corrected chi connectivity index (χ2v) is 14.0. The number of carbonyl (C=O) groups excluding carboxylic acids is 3. The van der Waals surface area contributed by atoms with Gasteiger partial charge in [0, 0.05) is 31.8 Å². The Morgan fingerprint density at radius 2 is 1.56 bits per heavy atom. The highest BCUT2D eigenvalue weighted by molar-refractivity contribution is 6.74. The van der Waals surface area contributed by atoms with Gasteiger partial charge in [0.15, 0.2) is 8.32 Å². The number of nitrogens with zero attached hydrogens (tertiary/aromatic N) is 2. The minimum atomic E-state index is -1.93. The third-order valence-corrected chi connectivity index (χ3v) is 9.31. The van der Waals surface area contributed by atoms with Gasteiger partial charge < -0.3 is 14.1 Å². The van der Waals surface area contributed by atoms with E-state index in [2.05, 4.69) is 33.9 Å². The summed E-state index contributed by atoms with van der Waals surface area (Å²) in [5.74, 6) is -0.719. The zero-order valence-corrected chi connectivity index (χ0v) is 18.9. The number of imide groups is 1. The van der Waals surface area contributed by atoms with Gasteiger partial charge in [0.1, 0.15) is 5.60 Å². The lowest BCUT2D eigenvalue weighted by atomic mass is 10.2. The van der Waals surface area contributed by atoms with Crippen LogP contribution in [0, 0.1) is 0 Å². The summed E-state index contributed by atoms with van der Waals surface area (Å²) < 4.78 is 11.6. The lowest BCUT2D eigenvalue weighted by Crippen LogP contribution is -2.46. The minimum Gasteiger partial charge on any atom is -0.444 e. The SMILES string of the molecule is CC(C)(C)OC(=O)N(CCO[Si](C)(C)C(C)(C)C)CCN1C(=O)C=CC1=O. The molecule has 0 N–H and O–H groups in total. The van der Waals surface area contributed by atoms with Crippen molar-refractivity contribution >= 4 is 26.2 Å². The molecule has 0 aromatic rings. The Bertz CT molecular complexity index is 584. The van der Waals surface area contributed by atoms with E-state index in [1.807, 2.05) is 0 Å². The quantitative estimate of drug-likeness (QED) is 0.486. The average Bonchev–Trinajstić information content (AvgIpc) is 2.78. The number of ether oxygens (including phenoxy) is 1. The van der Waals surface area contributed by atoms with Crippen molar-refractivity contribution in [3.05, 3.63) is 12.2 Å². The smallest absolute Gasteiger partial charge is 0.410 e. The number of carbonyl (C=O) groups is 3. The summed E-state index contributed by atoms with van der Waals surface area (Å²) in [6, 6.07) is 0. The molecule has 0 radical (unpaired) electrons. The maximum Gasteiger partial charge on any atom is 0.410 e. The summed E-state index contributed by atoms with van der Waals surface area (Å²) >= 11 is 0. The third kappa shape index (κ3) is 7.10. The van der Waals surface area contributed by atoms with Crippen LogP contribution < -0.4 is 0 Å². The largest absolute Gasteiger partial charge is 0.444 e. The van der Waals surface area contributed by atoms with Crippen LogP contribution in [0.3, 0.4) is 0 Å². The van der Waals surface area contributed by atoms with Crippen LogP contribution in [-0.2, 0) is 18.8 Å². The molecule has 1 rings (SSSR count). The number of amides is 3. The predicted octanol–water partition coefficient (Wildman–Crippen LogP) is 3.17. The molecule has 0 unspecified atom stereocenters. The zero-order valence-electron chi connectivity index (χ0n) is 17.9. The van der Waals surface area contributed by atoms with Crippen molar-refractivity contribution in [3.63, 3.8) is 0 Å². The van der Waals surface area contributed by atoms with Crippen LogP contribution in [0.25, 0.3) is 0 Å². The fourth-order valence-corrected chi connectivity index (χ4v) is 3.16. The van der Waals surface area contributed by atoms with Gasteiger partial charge >= 0.3 is 6.09 Å². The molecule has 154 valence electrons. The molecular weight excluding hydrogens is 364 g/mol. The summed E-state index contributed by atoms with van der Waals surface area (Å²) in [7, 11) is -1.93. The molecule has 1 aliphatic rings. The summed E-state index contributed by atoms with van der Waals surface area (Å²) in [5, 5.41) is 0.0732. The molecule has 0 aliphatic carbocycles. The van der Waals surface area contributed by atoms with E-state index >= 15 is 0 Å². The molecule has 0 aromatic heterocycles. The molecule has 0 saturated heterocycles. The van der Waals surface area contributed by atoms with E-state index in [0.29, 0.717) is 13.2 Å². The standard InChI is InChI=1S/C19H34N2O5Si/c1-18(2,3)26-17(24)20(11-12-21-15(22)9-10-16(21)23)13-14-25-27(7,8)19(4,5)6/h9-10H,11-14H2,1-8H3. The maximum atomic E-state index is 12.5. The fourth-order valence-electron chi connectivity index (χ4n) is 2.12. The Labute approximate surface area is 163 Å². The summed E-state index contributed by atoms with van der Waals surface area (Å²) in [6.07, 6.45) is 2.00. The van der Waals surface area contributed by atoms with Crippen LogP contribution in [0.5, 0.6) is 0 Å². The maximum absolute atomic E-state index is 12.5. The van der Waals surface area contributed by atoms with Gasteiger partial charge in [-0.2, -0.15) is 0 Å². The molecule has 0 fully saturated rings. The van der Waals surface area contributed by atoms with E-state index in [0.717, 1.165) is 4.90 Å². The molecule has 0 aromatic carbocycles. The topological polar surface area (TPSA) is 76.2 Å². The van der Waals surface area contributed by atoms with Gasteiger partial charge in [-0.25, -0.2) is 4.79 Å². The van der Waals surface area contributed by atoms with Crippen molar-refractivity contribution in [1.82, 2.24) is 9.80 Å². The van der Waals surface area contributed by atoms with Crippen molar-refractivity contribution in [2.75, 3.05) is 26.2 Å². The number of hydrogen-bond donors (Lipinski definition) is 0. The van der Waals surface area contributed by atoms with E-state index in [9.17, 15) is 14.4 Å². The Morgan fingerprint density at radius 3 is 2.00 bits per heavy atom. The molecule has 0 spiro atoms. The van der Waals surface area contributed by atoms with E-state index in [1.165, 1.54) is 17.1 Å². The van der Waals surface area contributed by atoms with Gasteiger partial charge in [0.2, 0.25) is 0 Å². The van der Waals surface area contributed by atoms with E-state index in [-0.39, 0.29) is 29.9 Å². The van der Waals surface area contributed by atoms with Gasteiger partial charge in [-0.3, -0.25) is 14.5 Å². The van der Waals surface area contributed by atoms with Crippen molar-refractivity contribution in [2.24, 2.45) is 0 Å². The molecule has 7 nitrogen and oxygen atoms in total. The van der Waals surface area contributed by atoms with Crippen LogP contribution in [0.1, 0.15) is 41.5 Å². The first-order valence-corrected chi connectivity index (χ1v) is 12.2. The van der Waals surface area contributed by atoms with Crippen molar-refractivity contribution in [3.8, 4) is 0 Å². The third-order valence-electron chi connectivity index (χ3n) is 4.78. The molecule has 3 amide bonds. The molecule has 0 saturated carbocycles. The van der Waals surface area contributed by atoms with Gasteiger partial charge in [-0.05, 0) is 38.9 Å². The lowest BCUT2D eigenvalue weighted by molar-refractivity contribution is -0.137. The Balaban J connectivity index is 2.72. The summed E-state index contributed by atoms with van der Waals surface area (Å²) in [5.41, 5.74) is -0.629. The zero-order chi connectivity index (χ0) is 21.0. The predicted molar refractivity (Wildman–Crippen MR) is 107 cm³/mol. The minimum absolute atomic E-state index is 0.0732. The second kappa shape index (κ2) is 8.56. The first-order chi connectivity index (χ1) is 12.1. The molecule has 27 heavy (non-hydrogen) atoms. The Kier molecular flexibility index (Phi) is 7.41. The van der Waals surface area contributed by atoms with Gasteiger partial charge in [-0.15, -0.1) is 0 Å². The summed E-state index contributed by atoms with van der Waals surface area (Å²) in [4.78, 5) is 38.6. The first kappa shape index (κ1) is 23.4. The van der Waals surface area contributed by atoms with Gasteiger partial charge in [-0.1, -0.05) is 20.8 Å². The molecule has 8 heteroatoms. The average molecular weight is 399 g/mol. The van der Waals surface area contributed by atoms with Gasteiger partial charge in [0.05, 0.1) is 6.61 Å². The first-order valence-electron chi connectivity index (χ1n) is 9.29. The van der Waals surface area contributed by atoms with Crippen LogP contribution >= 0.6 is 0 Å². The Hall–Kier alpha value is -1.67. The highest BCUT2D eigenvalue weighted by Crippen LogP contribution is 2.36. The van der Waals surface area contributed by atoms with E-state index < -0.39 is 20.0 Å². The highest BCUT2D eigenvalue weighted by Gasteiger charge is 2.37. The second-order valence-electron chi connectivity index (χ2n) is 9.24. The molecule has 0 atom stereocenters. The fraction of sp³-hybridized carbons (Fsp3) is 0.737. The molecule has 0 bridgehead atoms. The monoisotopic (exact) mass is 398 g/mol. The summed E-state index contributed by atoms with van der Waals surface area (Å²) in [6.45, 7) is 17.2. The van der Waals surface area contributed by atoms with E-state index in [1.54, 1.807) is 20.8 Å². The lowest BCUT2D eigenvalue weighted by Gasteiger charge is -2.37. The van der Waals surface area contributed by atoms with E-state index in [4.69, 9.17) is 9.16 Å². The van der Waals surface area contributed by atoms with Crippen LogP contribution in [0.15, 0.2) is 12.2 Å². The van der Waals surface area contributed by atoms with Crippen LogP contribution in [0.2, 0.25) is 18.1 Å². The van der Waals surface area contributed by atoms with Crippen molar-refractivity contribution in [1.29, 1.82) is 0 Å². The highest BCUT2D eigenvalue weighted by atomic mass is 28.4. The normalized spacial score (nSPS) is 15.5. The van der Waals surface area contributed by atoms with Crippen LogP contribution in [-0.4, -0.2) is 67.9 Å². The molecular formula is C19H34N2O5Si. The number of rotatable bonds is 7. The molecule has 1 heterocycles. The Morgan fingerprint density at radius 1 is 1.04 bits per heavy atom. The number of hydrogen-bond acceptors (Lipinski definition) is 5. The molecule has 1 aliphatic heterocycles. The van der Waals surface area contributed by atoms with Crippen LogP contribution in [0.4, 0.5) is 4.79 Å². The van der Waals surface area contributed by atoms with Crippen molar-refractivity contribution in [2.45, 2.75) is 65.3 Å².